The van der Waals surface area contributed by atoms with Gasteiger partial charge in [0.15, 0.2) is 0 Å². The average Bonchev–Trinajstić information content (AvgIpc) is 3.09. The van der Waals surface area contributed by atoms with Crippen molar-refractivity contribution in [3.8, 4) is 11.3 Å². The maximum atomic E-state index is 13.4. The predicted molar refractivity (Wildman–Crippen MR) is 163 cm³/mol. The molecule has 4 aromatic rings. The summed E-state index contributed by atoms with van der Waals surface area (Å²) in [4.78, 5) is 22.3. The first kappa shape index (κ1) is 24.1. The molecule has 0 saturated heterocycles. The summed E-state index contributed by atoms with van der Waals surface area (Å²) in [5.41, 5.74) is 8.62. The van der Waals surface area contributed by atoms with Gasteiger partial charge in [-0.1, -0.05) is 44.7 Å². The molecule has 5 nitrogen and oxygen atoms in total. The minimum atomic E-state index is -0.119. The van der Waals surface area contributed by atoms with Crippen molar-refractivity contribution in [2.24, 2.45) is 7.05 Å². The van der Waals surface area contributed by atoms with Gasteiger partial charge in [0.25, 0.3) is 5.91 Å². The van der Waals surface area contributed by atoms with Crippen molar-refractivity contribution < 1.29 is 4.79 Å². The maximum absolute atomic E-state index is 13.4. The number of carbonyl (C=O) groups excluding carboxylic acids is 1. The maximum Gasteiger partial charge on any atom is 0.255 e. The van der Waals surface area contributed by atoms with Gasteiger partial charge in [-0.05, 0) is 24.4 Å². The lowest BCUT2D eigenvalue weighted by Gasteiger charge is -2.30. The number of imidazole rings is 1. The van der Waals surface area contributed by atoms with E-state index in [-0.39, 0.29) is 11.0 Å². The normalized spacial score (nSPS) is 11.6. The highest BCUT2D eigenvalue weighted by atomic mass is 16.1. The van der Waals surface area contributed by atoms with Gasteiger partial charge in [-0.2, -0.15) is 0 Å². The van der Waals surface area contributed by atoms with Crippen molar-refractivity contribution in [3.05, 3.63) is 53.6 Å². The molecule has 0 bridgehead atoms. The molecule has 0 spiro atoms. The molecular formula is C22H27B7N4O. The number of nitrogens with one attached hydrogen (secondary N) is 1. The van der Waals surface area contributed by atoms with E-state index < -0.39 is 0 Å². The summed E-state index contributed by atoms with van der Waals surface area (Å²) in [5.74, 6) is 1.39. The van der Waals surface area contributed by atoms with Crippen LogP contribution in [0.15, 0.2) is 36.7 Å². The summed E-state index contributed by atoms with van der Waals surface area (Å²) in [7, 11) is 17.0. The van der Waals surface area contributed by atoms with Crippen LogP contribution in [0.25, 0.3) is 22.0 Å². The van der Waals surface area contributed by atoms with Gasteiger partial charge in [-0.15, -0.1) is 0 Å². The third-order valence-corrected chi connectivity index (χ3v) is 7.08. The van der Waals surface area contributed by atoms with Gasteiger partial charge >= 0.3 is 0 Å². The number of amides is 1. The molecule has 1 amide bonds. The third kappa shape index (κ3) is 4.15. The van der Waals surface area contributed by atoms with Crippen LogP contribution in [0.2, 0.25) is 0 Å². The van der Waals surface area contributed by atoms with Crippen LogP contribution in [0.4, 0.5) is 5.82 Å². The Labute approximate surface area is 207 Å². The van der Waals surface area contributed by atoms with Crippen LogP contribution < -0.4 is 27.2 Å². The Bertz CT molecular complexity index is 1430. The number of hydrogen-bond acceptors (Lipinski definition) is 3. The molecule has 0 atom stereocenters. The van der Waals surface area contributed by atoms with E-state index in [0.29, 0.717) is 5.82 Å². The molecule has 0 aliphatic carbocycles. The fourth-order valence-corrected chi connectivity index (χ4v) is 5.10. The third-order valence-electron chi connectivity index (χ3n) is 7.08. The highest BCUT2D eigenvalue weighted by Crippen LogP contribution is 2.26. The molecule has 0 radical (unpaired) electrons. The number of benzene rings is 2. The van der Waals surface area contributed by atoms with Crippen LogP contribution in [0, 0.1) is 6.92 Å². The quantitative estimate of drug-likeness (QED) is 0.323. The molecule has 0 aliphatic heterocycles. The minimum Gasteiger partial charge on any atom is -0.331 e. The molecule has 2 heterocycles. The number of anilines is 1. The van der Waals surface area contributed by atoms with Gasteiger partial charge in [0.1, 0.15) is 43.0 Å². The fraction of sp³-hybridized carbons (Fsp3) is 0.136. The number of nitrogens with zero attached hydrogens (tertiary/aromatic N) is 3. The van der Waals surface area contributed by atoms with E-state index in [0.717, 1.165) is 44.3 Å². The monoisotopic (exact) mass is 440 g/mol. The first-order valence-corrected chi connectivity index (χ1v) is 11.7. The van der Waals surface area contributed by atoms with Crippen molar-refractivity contribution in [3.63, 3.8) is 0 Å². The fourth-order valence-electron chi connectivity index (χ4n) is 5.10. The molecule has 0 aliphatic rings. The van der Waals surface area contributed by atoms with Crippen molar-refractivity contribution in [2.45, 2.75) is 12.0 Å². The summed E-state index contributed by atoms with van der Waals surface area (Å²) in [6.45, 7) is 1.99. The van der Waals surface area contributed by atoms with Gasteiger partial charge in [0, 0.05) is 29.8 Å². The van der Waals surface area contributed by atoms with Gasteiger partial charge in [0.2, 0.25) is 0 Å². The highest BCUT2D eigenvalue weighted by molar-refractivity contribution is 6.66. The van der Waals surface area contributed by atoms with E-state index >= 15 is 0 Å². The lowest BCUT2D eigenvalue weighted by Crippen LogP contribution is -2.54. The lowest BCUT2D eigenvalue weighted by molar-refractivity contribution is 0.102. The smallest absolute Gasteiger partial charge is 0.255 e. The van der Waals surface area contributed by atoms with E-state index in [1.807, 2.05) is 48.1 Å². The number of fused-ring (bicyclic) bond motifs is 1. The number of aryl methyl sites for hydroxylation is 1. The van der Waals surface area contributed by atoms with Gasteiger partial charge in [-0.3, -0.25) is 4.79 Å². The molecule has 0 unspecified atom stereocenters. The number of carbonyl (C=O) groups is 1. The zero-order valence-electron chi connectivity index (χ0n) is 21.7. The minimum absolute atomic E-state index is 0.0166. The molecule has 1 N–H and O–H groups in total. The van der Waals surface area contributed by atoms with Gasteiger partial charge in [-0.25, -0.2) is 9.97 Å². The molecule has 0 fully saturated rings. The van der Waals surface area contributed by atoms with Crippen molar-refractivity contribution in [1.29, 1.82) is 0 Å². The molecule has 2 aromatic carbocycles. The average molecular weight is 439 g/mol. The topological polar surface area (TPSA) is 59.8 Å². The zero-order chi connectivity index (χ0) is 24.9. The van der Waals surface area contributed by atoms with E-state index in [1.165, 1.54) is 16.5 Å². The van der Waals surface area contributed by atoms with Crippen LogP contribution >= 0.6 is 0 Å². The molecule has 4 rings (SSSR count). The molecule has 34 heavy (non-hydrogen) atoms. The molecule has 12 heteroatoms. The second-order valence-corrected chi connectivity index (χ2v) is 10.3. The molecule has 162 valence electrons. The summed E-state index contributed by atoms with van der Waals surface area (Å²) >= 11 is 0. The molecule has 2 aromatic heterocycles. The van der Waals surface area contributed by atoms with Crippen LogP contribution in [0.1, 0.15) is 21.7 Å². The summed E-state index contributed by atoms with van der Waals surface area (Å²) < 4.78 is 2.07. The largest absolute Gasteiger partial charge is 0.331 e. The van der Waals surface area contributed by atoms with Crippen molar-refractivity contribution >= 4 is 99.3 Å². The first-order chi connectivity index (χ1) is 15.9. The standard InChI is InChI=1S/C22H27B7N4O/c1-9-30-8-13(33(9)2)10-3-4-11-7-31-14(6-12(11)5-10)32-21(34)15-17(23)19(25)16(22(27,28)29)20(26)18(15)24/h3-8H,23-29H2,1-2H3,(H,31,32,34). The second-order valence-electron chi connectivity index (χ2n) is 10.3. The summed E-state index contributed by atoms with van der Waals surface area (Å²) in [5, 5.41) is 5.11. The summed E-state index contributed by atoms with van der Waals surface area (Å²) in [6.07, 6.45) is 3.69. The first-order valence-electron chi connectivity index (χ1n) is 11.7. The SMILES string of the molecule is Bc1c(B)c(C(B)(B)B)c(B)c(B)c1C(=O)Nc1cc2cc(-c3cnc(C)n3C)ccc2cn1. The van der Waals surface area contributed by atoms with Gasteiger partial charge in [0.05, 0.1) is 35.4 Å². The van der Waals surface area contributed by atoms with Crippen molar-refractivity contribution in [2.75, 3.05) is 5.32 Å². The Balaban J connectivity index is 1.72. The number of hydrogen-bond donors (Lipinski definition) is 1. The second kappa shape index (κ2) is 8.64. The van der Waals surface area contributed by atoms with E-state index in [9.17, 15) is 4.79 Å². The van der Waals surface area contributed by atoms with Crippen LogP contribution in [0.5, 0.6) is 0 Å². The van der Waals surface area contributed by atoms with E-state index in [2.05, 4.69) is 77.3 Å². The van der Waals surface area contributed by atoms with Crippen molar-refractivity contribution in [1.82, 2.24) is 14.5 Å². The van der Waals surface area contributed by atoms with E-state index in [4.69, 9.17) is 0 Å². The number of rotatable bonds is 4. The Morgan fingerprint density at radius 3 is 2.12 bits per heavy atom. The Morgan fingerprint density at radius 1 is 0.912 bits per heavy atom. The number of pyridine rings is 1. The summed E-state index contributed by atoms with van der Waals surface area (Å²) in [6, 6.07) is 8.19. The Kier molecular flexibility index (Phi) is 6.13. The molecule has 0 saturated carbocycles. The number of aromatic nitrogens is 3. The predicted octanol–water partition coefficient (Wildman–Crippen LogP) is -5.76. The highest BCUT2D eigenvalue weighted by Gasteiger charge is 2.25. The van der Waals surface area contributed by atoms with E-state index in [1.54, 1.807) is 0 Å². The van der Waals surface area contributed by atoms with Crippen LogP contribution in [-0.2, 0) is 12.2 Å². The Hall–Kier alpha value is -3.02. The lowest BCUT2D eigenvalue weighted by atomic mass is 9.37. The van der Waals surface area contributed by atoms with Crippen LogP contribution in [0.3, 0.4) is 0 Å². The van der Waals surface area contributed by atoms with Crippen LogP contribution in [-0.4, -0.2) is 75.4 Å². The zero-order valence-corrected chi connectivity index (χ0v) is 21.7. The molecular weight excluding hydrogens is 412 g/mol. The Morgan fingerprint density at radius 2 is 1.56 bits per heavy atom. The van der Waals surface area contributed by atoms with Gasteiger partial charge < -0.3 is 9.88 Å².